The fraction of sp³-hybridized carbons (Fsp3) is 0.0952. The first-order valence-corrected chi connectivity index (χ1v) is 7.47. The first-order valence-electron chi connectivity index (χ1n) is 7.47. The Morgan fingerprint density at radius 1 is 0.682 bits per heavy atom. The van der Waals surface area contributed by atoms with Crippen LogP contribution in [0.3, 0.4) is 0 Å². The molecule has 0 radical (unpaired) electrons. The molecule has 0 unspecified atom stereocenters. The number of hydrogen-bond acceptors (Lipinski definition) is 1. The molecule has 0 N–H and O–H groups in total. The molecule has 0 spiro atoms. The lowest BCUT2D eigenvalue weighted by molar-refractivity contribution is 0.0973. The Hall–Kier alpha value is -2.67. The maximum atomic E-state index is 13.2. The maximum Gasteiger partial charge on any atom is 0.174 e. The molecule has 1 heteroatoms. The predicted molar refractivity (Wildman–Crippen MR) is 90.2 cm³/mol. The molecule has 0 saturated heterocycles. The number of rotatable bonds is 4. The SMILES string of the molecule is Cc1ccccc1C(=O)C(c1ccccc1)c1ccccc1. The summed E-state index contributed by atoms with van der Waals surface area (Å²) in [6.07, 6.45) is 0. The van der Waals surface area contributed by atoms with Crippen LogP contribution < -0.4 is 0 Å². The summed E-state index contributed by atoms with van der Waals surface area (Å²) in [6, 6.07) is 27.8. The molecule has 0 aliphatic rings. The van der Waals surface area contributed by atoms with Crippen LogP contribution in [-0.2, 0) is 0 Å². The van der Waals surface area contributed by atoms with Gasteiger partial charge in [0.05, 0.1) is 5.92 Å². The molecule has 1 nitrogen and oxygen atoms in total. The predicted octanol–water partition coefficient (Wildman–Crippen LogP) is 5.01. The molecule has 0 aliphatic heterocycles. The number of carbonyl (C=O) groups is 1. The van der Waals surface area contributed by atoms with Crippen molar-refractivity contribution >= 4 is 5.78 Å². The smallest absolute Gasteiger partial charge is 0.174 e. The second kappa shape index (κ2) is 6.40. The van der Waals surface area contributed by atoms with Crippen LogP contribution in [0.2, 0.25) is 0 Å². The highest BCUT2D eigenvalue weighted by molar-refractivity contribution is 6.04. The molecule has 0 aromatic heterocycles. The van der Waals surface area contributed by atoms with E-state index in [0.717, 1.165) is 22.3 Å². The first-order chi connectivity index (χ1) is 10.8. The molecule has 3 aromatic rings. The number of benzene rings is 3. The molecule has 0 heterocycles. The van der Waals surface area contributed by atoms with Crippen LogP contribution in [0.4, 0.5) is 0 Å². The number of carbonyl (C=O) groups excluding carboxylic acids is 1. The van der Waals surface area contributed by atoms with E-state index in [1.165, 1.54) is 0 Å². The van der Waals surface area contributed by atoms with E-state index in [0.29, 0.717) is 0 Å². The second-order valence-corrected chi connectivity index (χ2v) is 5.43. The number of aryl methyl sites for hydroxylation is 1. The molecular formula is C21H18O. The molecule has 0 fully saturated rings. The minimum Gasteiger partial charge on any atom is -0.293 e. The van der Waals surface area contributed by atoms with Crippen molar-refractivity contribution in [1.29, 1.82) is 0 Å². The van der Waals surface area contributed by atoms with E-state index in [-0.39, 0.29) is 11.7 Å². The summed E-state index contributed by atoms with van der Waals surface area (Å²) in [7, 11) is 0. The average Bonchev–Trinajstić information content (AvgIpc) is 2.57. The Kier molecular flexibility index (Phi) is 4.15. The van der Waals surface area contributed by atoms with Crippen molar-refractivity contribution < 1.29 is 4.79 Å². The molecule has 108 valence electrons. The van der Waals surface area contributed by atoms with Crippen molar-refractivity contribution in [3.8, 4) is 0 Å². The van der Waals surface area contributed by atoms with Gasteiger partial charge in [-0.05, 0) is 23.6 Å². The largest absolute Gasteiger partial charge is 0.293 e. The molecule has 0 bridgehead atoms. The van der Waals surface area contributed by atoms with E-state index >= 15 is 0 Å². The topological polar surface area (TPSA) is 17.1 Å². The Labute approximate surface area is 131 Å². The van der Waals surface area contributed by atoms with Gasteiger partial charge >= 0.3 is 0 Å². The van der Waals surface area contributed by atoms with Gasteiger partial charge in [0.2, 0.25) is 0 Å². The van der Waals surface area contributed by atoms with E-state index in [1.54, 1.807) is 0 Å². The fourth-order valence-electron chi connectivity index (χ4n) is 2.79. The summed E-state index contributed by atoms with van der Waals surface area (Å²) >= 11 is 0. The van der Waals surface area contributed by atoms with Gasteiger partial charge in [0, 0.05) is 5.56 Å². The minimum absolute atomic E-state index is 0.149. The summed E-state index contributed by atoms with van der Waals surface area (Å²) in [5, 5.41) is 0. The highest BCUT2D eigenvalue weighted by Crippen LogP contribution is 2.29. The van der Waals surface area contributed by atoms with Crippen LogP contribution in [0.15, 0.2) is 84.9 Å². The van der Waals surface area contributed by atoms with Crippen molar-refractivity contribution in [3.63, 3.8) is 0 Å². The average molecular weight is 286 g/mol. The van der Waals surface area contributed by atoms with Gasteiger partial charge in [0.1, 0.15) is 0 Å². The Morgan fingerprint density at radius 2 is 1.14 bits per heavy atom. The monoisotopic (exact) mass is 286 g/mol. The molecule has 3 rings (SSSR count). The van der Waals surface area contributed by atoms with E-state index in [4.69, 9.17) is 0 Å². The van der Waals surface area contributed by atoms with Gasteiger partial charge in [0.15, 0.2) is 5.78 Å². The molecule has 0 amide bonds. The fourth-order valence-corrected chi connectivity index (χ4v) is 2.79. The van der Waals surface area contributed by atoms with Crippen LogP contribution in [0.5, 0.6) is 0 Å². The van der Waals surface area contributed by atoms with E-state index in [1.807, 2.05) is 91.9 Å². The molecule has 3 aromatic carbocycles. The zero-order valence-corrected chi connectivity index (χ0v) is 12.6. The third-order valence-electron chi connectivity index (χ3n) is 3.94. The van der Waals surface area contributed by atoms with Gasteiger partial charge in [-0.15, -0.1) is 0 Å². The minimum atomic E-state index is -0.261. The van der Waals surface area contributed by atoms with Gasteiger partial charge in [-0.25, -0.2) is 0 Å². The highest BCUT2D eigenvalue weighted by Gasteiger charge is 2.24. The van der Waals surface area contributed by atoms with Crippen LogP contribution in [0, 0.1) is 6.92 Å². The van der Waals surface area contributed by atoms with E-state index < -0.39 is 0 Å². The van der Waals surface area contributed by atoms with Gasteiger partial charge in [-0.1, -0.05) is 84.9 Å². The van der Waals surface area contributed by atoms with Crippen molar-refractivity contribution in [2.24, 2.45) is 0 Å². The van der Waals surface area contributed by atoms with Crippen LogP contribution >= 0.6 is 0 Å². The zero-order chi connectivity index (χ0) is 15.4. The lowest BCUT2D eigenvalue weighted by atomic mass is 9.84. The Bertz CT molecular complexity index is 721. The first kappa shape index (κ1) is 14.3. The third kappa shape index (κ3) is 2.84. The van der Waals surface area contributed by atoms with Gasteiger partial charge in [0.25, 0.3) is 0 Å². The van der Waals surface area contributed by atoms with Crippen LogP contribution in [0.25, 0.3) is 0 Å². The number of hydrogen-bond donors (Lipinski definition) is 0. The zero-order valence-electron chi connectivity index (χ0n) is 12.6. The second-order valence-electron chi connectivity index (χ2n) is 5.43. The van der Waals surface area contributed by atoms with E-state index in [9.17, 15) is 4.79 Å². The van der Waals surface area contributed by atoms with Crippen LogP contribution in [0.1, 0.15) is 33.0 Å². The molecule has 0 atom stereocenters. The Balaban J connectivity index is 2.11. The lowest BCUT2D eigenvalue weighted by Gasteiger charge is -2.18. The van der Waals surface area contributed by atoms with Gasteiger partial charge in [-0.2, -0.15) is 0 Å². The molecular weight excluding hydrogens is 268 g/mol. The summed E-state index contributed by atoms with van der Waals surface area (Å²) < 4.78 is 0. The summed E-state index contributed by atoms with van der Waals surface area (Å²) in [5.41, 5.74) is 3.87. The van der Waals surface area contributed by atoms with E-state index in [2.05, 4.69) is 0 Å². The normalized spacial score (nSPS) is 10.6. The standard InChI is InChI=1S/C21H18O/c1-16-10-8-9-15-19(16)21(22)20(17-11-4-2-5-12-17)18-13-6-3-7-14-18/h2-15,20H,1H3. The third-order valence-corrected chi connectivity index (χ3v) is 3.94. The molecule has 0 aliphatic carbocycles. The van der Waals surface area contributed by atoms with Crippen molar-refractivity contribution in [1.82, 2.24) is 0 Å². The van der Waals surface area contributed by atoms with Crippen LogP contribution in [-0.4, -0.2) is 5.78 Å². The quantitative estimate of drug-likeness (QED) is 0.616. The Morgan fingerprint density at radius 3 is 1.64 bits per heavy atom. The van der Waals surface area contributed by atoms with Gasteiger partial charge < -0.3 is 0 Å². The molecule has 0 saturated carbocycles. The summed E-state index contributed by atoms with van der Waals surface area (Å²) in [4.78, 5) is 13.2. The van der Waals surface area contributed by atoms with Gasteiger partial charge in [-0.3, -0.25) is 4.79 Å². The van der Waals surface area contributed by atoms with Crippen molar-refractivity contribution in [3.05, 3.63) is 107 Å². The maximum absolute atomic E-state index is 13.2. The van der Waals surface area contributed by atoms with Crippen molar-refractivity contribution in [2.45, 2.75) is 12.8 Å². The summed E-state index contributed by atoms with van der Waals surface area (Å²) in [5.74, 6) is -0.112. The highest BCUT2D eigenvalue weighted by atomic mass is 16.1. The number of Topliss-reactive ketones (excluding diaryl/α,β-unsaturated/α-hetero) is 1. The van der Waals surface area contributed by atoms with Crippen molar-refractivity contribution in [2.75, 3.05) is 0 Å². The lowest BCUT2D eigenvalue weighted by Crippen LogP contribution is -2.15. The summed E-state index contributed by atoms with van der Waals surface area (Å²) in [6.45, 7) is 1.99. The molecule has 22 heavy (non-hydrogen) atoms. The number of ketones is 1.